The quantitative estimate of drug-likeness (QED) is 0.689. The Hall–Kier alpha value is -1.43. The molecule has 4 aliphatic rings. The Kier molecular flexibility index (Phi) is 3.66. The normalized spacial score (nSPS) is 20.8. The summed E-state index contributed by atoms with van der Waals surface area (Å²) >= 11 is 4.67. The minimum absolute atomic E-state index is 0.220. The number of hydrogen-bond donors (Lipinski definition) is 1. The second kappa shape index (κ2) is 5.79. The monoisotopic (exact) mass is 467 g/mol. The zero-order chi connectivity index (χ0) is 17.1. The van der Waals surface area contributed by atoms with E-state index in [0.29, 0.717) is 4.91 Å². The minimum atomic E-state index is -2.39. The van der Waals surface area contributed by atoms with Gasteiger partial charge in [0.1, 0.15) is 0 Å². The molecule has 0 spiro atoms. The molecule has 6 heteroatoms. The van der Waals surface area contributed by atoms with Crippen LogP contribution >= 0.6 is 23.4 Å². The van der Waals surface area contributed by atoms with Crippen LogP contribution in [-0.2, 0) is 11.2 Å². The van der Waals surface area contributed by atoms with E-state index in [1.54, 1.807) is 0 Å². The van der Waals surface area contributed by atoms with Crippen molar-refractivity contribution in [3.8, 4) is 0 Å². The van der Waals surface area contributed by atoms with Crippen LogP contribution in [0.2, 0.25) is 5.02 Å². The van der Waals surface area contributed by atoms with E-state index in [1.807, 2.05) is 18.2 Å². The molecule has 0 unspecified atom stereocenters. The van der Waals surface area contributed by atoms with Gasteiger partial charge in [-0.15, -0.1) is 0 Å². The number of thioether (sulfide) groups is 1. The zero-order valence-electron chi connectivity index (χ0n) is 13.0. The van der Waals surface area contributed by atoms with E-state index in [4.69, 9.17) is 11.6 Å². The second-order valence-electron chi connectivity index (χ2n) is 6.31. The number of imide groups is 1. The van der Waals surface area contributed by atoms with Crippen molar-refractivity contribution in [3.05, 3.63) is 76.2 Å². The Morgan fingerprint density at radius 3 is 2.48 bits per heavy atom. The first kappa shape index (κ1) is 15.8. The van der Waals surface area contributed by atoms with Gasteiger partial charge >= 0.3 is 162 Å². The SMILES string of the molecule is O=C1NC(=O)/C(=[C]2\C3=[C](Cc4ccc(Cl)cc4)[In]2[c]2ccccc23)S1. The van der Waals surface area contributed by atoms with Crippen molar-refractivity contribution in [2.45, 2.75) is 6.42 Å². The fourth-order valence-corrected chi connectivity index (χ4v) is 16.6. The molecule has 0 aromatic heterocycles. The Morgan fingerprint density at radius 2 is 1.80 bits per heavy atom. The van der Waals surface area contributed by atoms with Crippen molar-refractivity contribution in [2.24, 2.45) is 0 Å². The molecule has 0 atom stereocenters. The van der Waals surface area contributed by atoms with Crippen LogP contribution in [0.15, 0.2) is 60.1 Å². The van der Waals surface area contributed by atoms with Gasteiger partial charge in [-0.1, -0.05) is 0 Å². The van der Waals surface area contributed by atoms with Gasteiger partial charge in [0.15, 0.2) is 0 Å². The number of halogens is 1. The maximum absolute atomic E-state index is 12.2. The van der Waals surface area contributed by atoms with Gasteiger partial charge in [0.05, 0.1) is 0 Å². The number of carbonyl (C=O) groups is 2. The number of carbonyl (C=O) groups excluding carboxylic acids is 2. The van der Waals surface area contributed by atoms with E-state index < -0.39 is 21.4 Å². The van der Waals surface area contributed by atoms with E-state index in [9.17, 15) is 9.59 Å². The molecule has 0 aliphatic carbocycles. The molecule has 2 aromatic carbocycles. The summed E-state index contributed by atoms with van der Waals surface area (Å²) in [6.07, 6.45) is 0.916. The Balaban J connectivity index is 1.62. The number of hydrogen-bond acceptors (Lipinski definition) is 3. The van der Waals surface area contributed by atoms with Crippen LogP contribution in [0.3, 0.4) is 0 Å². The summed E-state index contributed by atoms with van der Waals surface area (Å²) in [7, 11) is 0. The van der Waals surface area contributed by atoms with Crippen molar-refractivity contribution < 1.29 is 9.59 Å². The van der Waals surface area contributed by atoms with Gasteiger partial charge in [-0.05, 0) is 0 Å². The molecule has 2 bridgehead atoms. The van der Waals surface area contributed by atoms with E-state index >= 15 is 0 Å². The van der Waals surface area contributed by atoms with Gasteiger partial charge < -0.3 is 0 Å². The van der Waals surface area contributed by atoms with E-state index in [0.717, 1.165) is 23.2 Å². The summed E-state index contributed by atoms with van der Waals surface area (Å²) < 4.78 is 4.19. The zero-order valence-corrected chi connectivity index (χ0v) is 17.9. The van der Waals surface area contributed by atoms with E-state index in [2.05, 4.69) is 35.6 Å². The number of benzene rings is 2. The molecule has 25 heavy (non-hydrogen) atoms. The standard InChI is InChI=1S/C19H11ClNO2S.In/c20-16-10-7-13(8-11-16)6-9-15(14-4-2-1-3-5-14)12-17-18(22)21-19(23)24-17;/h1-4,7-8,10-11H,6H2,(H,21,22,23);. The molecule has 2 amide bonds. The summed E-state index contributed by atoms with van der Waals surface area (Å²) in [5, 5.41) is 2.89. The third kappa shape index (κ3) is 2.36. The number of rotatable bonds is 2. The molecule has 2 aromatic rings. The molecule has 6 rings (SSSR count). The molecular formula is C19H11ClInNO2S. The number of allylic oxidation sites excluding steroid dienone is 3. The van der Waals surface area contributed by atoms with Crippen molar-refractivity contribution in [2.75, 3.05) is 0 Å². The van der Waals surface area contributed by atoms with Gasteiger partial charge in [-0.2, -0.15) is 0 Å². The van der Waals surface area contributed by atoms with Gasteiger partial charge in [0.25, 0.3) is 0 Å². The van der Waals surface area contributed by atoms with Crippen molar-refractivity contribution in [1.82, 2.24) is 5.32 Å². The van der Waals surface area contributed by atoms with Gasteiger partial charge in [0.2, 0.25) is 0 Å². The van der Waals surface area contributed by atoms with Crippen LogP contribution in [0.25, 0.3) is 5.57 Å². The van der Waals surface area contributed by atoms with Crippen LogP contribution in [0.1, 0.15) is 11.1 Å². The molecular weight excluding hydrogens is 457 g/mol. The Bertz CT molecular complexity index is 1030. The predicted octanol–water partition coefficient (Wildman–Crippen LogP) is 3.38. The molecule has 3 nitrogen and oxygen atoms in total. The molecule has 120 valence electrons. The molecule has 4 aliphatic heterocycles. The molecule has 1 fully saturated rings. The summed E-state index contributed by atoms with van der Waals surface area (Å²) in [5.74, 6) is -0.220. The van der Waals surface area contributed by atoms with Crippen molar-refractivity contribution in [3.63, 3.8) is 0 Å². The number of amides is 2. The van der Waals surface area contributed by atoms with Gasteiger partial charge in [-0.3, -0.25) is 0 Å². The first-order chi connectivity index (χ1) is 12.1. The van der Waals surface area contributed by atoms with Gasteiger partial charge in [-0.25, -0.2) is 0 Å². The summed E-state index contributed by atoms with van der Waals surface area (Å²) in [4.78, 5) is 24.4. The molecule has 0 radical (unpaired) electrons. The molecule has 1 saturated heterocycles. The topological polar surface area (TPSA) is 46.2 Å². The first-order valence-electron chi connectivity index (χ1n) is 7.98. The fraction of sp³-hybridized carbons (Fsp3) is 0.0526. The maximum atomic E-state index is 12.2. The van der Waals surface area contributed by atoms with Crippen molar-refractivity contribution in [1.29, 1.82) is 0 Å². The van der Waals surface area contributed by atoms with E-state index in [-0.39, 0.29) is 11.1 Å². The fourth-order valence-electron chi connectivity index (χ4n) is 3.94. The molecule has 1 N–H and O–H groups in total. The molecule has 0 saturated carbocycles. The average molecular weight is 468 g/mol. The average Bonchev–Trinajstić information content (AvgIpc) is 3.21. The van der Waals surface area contributed by atoms with Crippen LogP contribution in [0.4, 0.5) is 4.79 Å². The summed E-state index contributed by atoms with van der Waals surface area (Å²) in [6, 6.07) is 16.5. The van der Waals surface area contributed by atoms with Crippen molar-refractivity contribution >= 4 is 64.8 Å². The summed E-state index contributed by atoms with van der Waals surface area (Å²) in [5.41, 5.74) is 3.76. The summed E-state index contributed by atoms with van der Waals surface area (Å²) in [6.45, 7) is 0. The molecule has 4 heterocycles. The number of nitrogens with one attached hydrogen (secondary N) is 1. The van der Waals surface area contributed by atoms with Gasteiger partial charge in [0, 0.05) is 0 Å². The van der Waals surface area contributed by atoms with Crippen LogP contribution < -0.4 is 8.64 Å². The van der Waals surface area contributed by atoms with Crippen LogP contribution in [0.5, 0.6) is 0 Å². The van der Waals surface area contributed by atoms with E-state index in [1.165, 1.54) is 26.7 Å². The predicted molar refractivity (Wildman–Crippen MR) is 102 cm³/mol. The van der Waals surface area contributed by atoms with Crippen LogP contribution in [-0.4, -0.2) is 32.6 Å². The van der Waals surface area contributed by atoms with Crippen LogP contribution in [0, 0.1) is 0 Å². The first-order valence-corrected chi connectivity index (χ1v) is 14.1. The third-order valence-corrected chi connectivity index (χ3v) is 16.6. The second-order valence-corrected chi connectivity index (χ2v) is 15.6. The Labute approximate surface area is 161 Å². The Morgan fingerprint density at radius 1 is 1.04 bits per heavy atom. The third-order valence-electron chi connectivity index (χ3n) is 4.94.